The molecule has 20 heavy (non-hydrogen) atoms. The van der Waals surface area contributed by atoms with Crippen molar-refractivity contribution in [2.75, 3.05) is 13.2 Å². The van der Waals surface area contributed by atoms with Crippen molar-refractivity contribution in [1.29, 1.82) is 0 Å². The number of hydrogen-bond donors (Lipinski definition) is 2. The minimum Gasteiger partial charge on any atom is -0.395 e. The summed E-state index contributed by atoms with van der Waals surface area (Å²) >= 11 is 0. The molecule has 0 aliphatic heterocycles. The lowest BCUT2D eigenvalue weighted by Gasteiger charge is -2.26. The van der Waals surface area contributed by atoms with Gasteiger partial charge in [0, 0.05) is 18.5 Å². The second-order valence-electron chi connectivity index (χ2n) is 4.74. The largest absolute Gasteiger partial charge is 0.395 e. The Hall–Kier alpha value is -1.90. The third-order valence-electron chi connectivity index (χ3n) is 3.43. The Bertz CT molecular complexity index is 509. The quantitative estimate of drug-likeness (QED) is 0.755. The molecule has 0 spiro atoms. The first kappa shape index (κ1) is 14.5. The number of aliphatic hydroxyl groups is 1. The van der Waals surface area contributed by atoms with Crippen molar-refractivity contribution in [3.63, 3.8) is 0 Å². The van der Waals surface area contributed by atoms with E-state index >= 15 is 0 Å². The van der Waals surface area contributed by atoms with E-state index in [9.17, 15) is 0 Å². The molecule has 2 atom stereocenters. The van der Waals surface area contributed by atoms with Gasteiger partial charge in [0.15, 0.2) is 0 Å². The van der Waals surface area contributed by atoms with Crippen LogP contribution in [-0.2, 0) is 0 Å². The number of hydrogen-bond acceptors (Lipinski definition) is 2. The van der Waals surface area contributed by atoms with E-state index in [0.717, 1.165) is 0 Å². The number of rotatable bonds is 7. The Kier molecular flexibility index (Phi) is 5.54. The van der Waals surface area contributed by atoms with Gasteiger partial charge in [0.1, 0.15) is 0 Å². The first-order valence-corrected chi connectivity index (χ1v) is 6.93. The summed E-state index contributed by atoms with van der Waals surface area (Å²) in [5, 5.41) is 12.5. The molecule has 0 unspecified atom stereocenters. The van der Waals surface area contributed by atoms with Crippen LogP contribution in [0.1, 0.15) is 23.1 Å². The van der Waals surface area contributed by atoms with Crippen LogP contribution in [-0.4, -0.2) is 18.3 Å². The minimum absolute atomic E-state index is 0.114. The monoisotopic (exact) mass is 267 g/mol. The normalized spacial score (nSPS) is 13.7. The third-order valence-corrected chi connectivity index (χ3v) is 3.43. The Balaban J connectivity index is 2.31. The molecule has 0 bridgehead atoms. The highest BCUT2D eigenvalue weighted by Gasteiger charge is 2.21. The lowest BCUT2D eigenvalue weighted by Crippen LogP contribution is -2.28. The number of nitrogens with one attached hydrogen (secondary N) is 1. The Morgan fingerprint density at radius 3 is 2.00 bits per heavy atom. The zero-order valence-electron chi connectivity index (χ0n) is 11.6. The van der Waals surface area contributed by atoms with Crippen molar-refractivity contribution in [1.82, 2.24) is 5.32 Å². The summed E-state index contributed by atoms with van der Waals surface area (Å²) in [7, 11) is 0. The molecule has 2 N–H and O–H groups in total. The molecule has 2 rings (SSSR count). The van der Waals surface area contributed by atoms with E-state index in [1.165, 1.54) is 11.1 Å². The van der Waals surface area contributed by atoms with Crippen LogP contribution in [0, 0.1) is 0 Å². The highest BCUT2D eigenvalue weighted by Crippen LogP contribution is 2.31. The van der Waals surface area contributed by atoms with Crippen molar-refractivity contribution in [3.05, 3.63) is 84.4 Å². The van der Waals surface area contributed by atoms with E-state index in [1.807, 2.05) is 42.5 Å². The average molecular weight is 267 g/mol. The van der Waals surface area contributed by atoms with Crippen molar-refractivity contribution in [3.8, 4) is 0 Å². The SMILES string of the molecule is C=C[C@H](c1ccccc1)[C@@H](NCCO)c1ccccc1. The van der Waals surface area contributed by atoms with Crippen LogP contribution in [0.25, 0.3) is 0 Å². The van der Waals surface area contributed by atoms with Crippen molar-refractivity contribution >= 4 is 0 Å². The van der Waals surface area contributed by atoms with Crippen LogP contribution in [0.15, 0.2) is 73.3 Å². The standard InChI is InChI=1S/C18H21NO/c1-2-17(15-9-5-3-6-10-15)18(19-13-14-20)16-11-7-4-8-12-16/h2-12,17-20H,1,13-14H2/t17-,18+/m1/s1. The van der Waals surface area contributed by atoms with Crippen LogP contribution >= 0.6 is 0 Å². The maximum atomic E-state index is 9.10. The molecular formula is C18H21NO. The Morgan fingerprint density at radius 2 is 1.50 bits per heavy atom. The topological polar surface area (TPSA) is 32.3 Å². The highest BCUT2D eigenvalue weighted by atomic mass is 16.3. The molecule has 2 aromatic carbocycles. The van der Waals surface area contributed by atoms with E-state index in [0.29, 0.717) is 6.54 Å². The highest BCUT2D eigenvalue weighted by molar-refractivity contribution is 5.31. The molecule has 0 aromatic heterocycles. The molecule has 0 radical (unpaired) electrons. The zero-order valence-corrected chi connectivity index (χ0v) is 11.6. The smallest absolute Gasteiger partial charge is 0.0556 e. The lowest BCUT2D eigenvalue weighted by atomic mass is 9.87. The molecule has 2 heteroatoms. The summed E-state index contributed by atoms with van der Waals surface area (Å²) in [4.78, 5) is 0. The second kappa shape index (κ2) is 7.63. The van der Waals surface area contributed by atoms with E-state index in [2.05, 4.69) is 36.2 Å². The zero-order chi connectivity index (χ0) is 14.2. The maximum Gasteiger partial charge on any atom is 0.0556 e. The van der Waals surface area contributed by atoms with Crippen molar-refractivity contribution in [2.24, 2.45) is 0 Å². The molecule has 0 aliphatic carbocycles. The van der Waals surface area contributed by atoms with E-state index in [1.54, 1.807) is 0 Å². The lowest BCUT2D eigenvalue weighted by molar-refractivity contribution is 0.282. The summed E-state index contributed by atoms with van der Waals surface area (Å²) in [5.74, 6) is 0.171. The van der Waals surface area contributed by atoms with E-state index < -0.39 is 0 Å². The second-order valence-corrected chi connectivity index (χ2v) is 4.74. The fraction of sp³-hybridized carbons (Fsp3) is 0.222. The van der Waals surface area contributed by atoms with E-state index in [4.69, 9.17) is 5.11 Å². The predicted molar refractivity (Wildman–Crippen MR) is 83.7 cm³/mol. The fourth-order valence-corrected chi connectivity index (χ4v) is 2.47. The molecule has 0 saturated heterocycles. The molecule has 0 heterocycles. The van der Waals surface area contributed by atoms with Crippen LogP contribution in [0.3, 0.4) is 0 Å². The molecule has 2 aromatic rings. The molecule has 0 aliphatic rings. The van der Waals surface area contributed by atoms with Gasteiger partial charge in [-0.05, 0) is 11.1 Å². The number of benzene rings is 2. The maximum absolute atomic E-state index is 9.10. The molecule has 0 amide bonds. The van der Waals surface area contributed by atoms with Gasteiger partial charge in [-0.1, -0.05) is 66.7 Å². The molecule has 104 valence electrons. The van der Waals surface area contributed by atoms with Gasteiger partial charge < -0.3 is 10.4 Å². The van der Waals surface area contributed by atoms with E-state index in [-0.39, 0.29) is 18.6 Å². The summed E-state index contributed by atoms with van der Waals surface area (Å²) < 4.78 is 0. The van der Waals surface area contributed by atoms with Gasteiger partial charge in [-0.3, -0.25) is 0 Å². The molecule has 0 fully saturated rings. The Labute approximate surface area is 120 Å². The van der Waals surface area contributed by atoms with Gasteiger partial charge in [0.2, 0.25) is 0 Å². The average Bonchev–Trinajstić information content (AvgIpc) is 2.53. The summed E-state index contributed by atoms with van der Waals surface area (Å²) in [5.41, 5.74) is 2.43. The summed E-state index contributed by atoms with van der Waals surface area (Å²) in [6.07, 6.45) is 1.97. The predicted octanol–water partition coefficient (Wildman–Crippen LogP) is 3.28. The summed E-state index contributed by atoms with van der Waals surface area (Å²) in [6.45, 7) is 4.68. The van der Waals surface area contributed by atoms with Crippen LogP contribution in [0.5, 0.6) is 0 Å². The van der Waals surface area contributed by atoms with Gasteiger partial charge in [0.25, 0.3) is 0 Å². The van der Waals surface area contributed by atoms with Gasteiger partial charge in [-0.15, -0.1) is 6.58 Å². The number of aliphatic hydroxyl groups excluding tert-OH is 1. The van der Waals surface area contributed by atoms with Crippen LogP contribution in [0.4, 0.5) is 0 Å². The third kappa shape index (κ3) is 3.56. The molecule has 2 nitrogen and oxygen atoms in total. The van der Waals surface area contributed by atoms with Crippen LogP contribution in [0.2, 0.25) is 0 Å². The first-order chi connectivity index (χ1) is 9.86. The van der Waals surface area contributed by atoms with Gasteiger partial charge in [-0.2, -0.15) is 0 Å². The molecular weight excluding hydrogens is 246 g/mol. The van der Waals surface area contributed by atoms with Crippen LogP contribution < -0.4 is 5.32 Å². The summed E-state index contributed by atoms with van der Waals surface area (Å²) in [6, 6.07) is 20.7. The van der Waals surface area contributed by atoms with Gasteiger partial charge in [0.05, 0.1) is 6.61 Å². The Morgan fingerprint density at radius 1 is 0.950 bits per heavy atom. The van der Waals surface area contributed by atoms with Crippen molar-refractivity contribution < 1.29 is 5.11 Å². The minimum atomic E-state index is 0.114. The van der Waals surface area contributed by atoms with Gasteiger partial charge in [-0.25, -0.2) is 0 Å². The fourth-order valence-electron chi connectivity index (χ4n) is 2.47. The van der Waals surface area contributed by atoms with Crippen molar-refractivity contribution in [2.45, 2.75) is 12.0 Å². The molecule has 0 saturated carbocycles. The van der Waals surface area contributed by atoms with Gasteiger partial charge >= 0.3 is 0 Å². The first-order valence-electron chi connectivity index (χ1n) is 6.93.